The van der Waals surface area contributed by atoms with Gasteiger partial charge in [0.1, 0.15) is 6.61 Å². The topological polar surface area (TPSA) is 50.8 Å². The maximum atomic E-state index is 12.5. The summed E-state index contributed by atoms with van der Waals surface area (Å²) in [6.07, 6.45) is 4.08. The molecule has 5 heteroatoms. The van der Waals surface area contributed by atoms with Crippen molar-refractivity contribution in [3.8, 4) is 0 Å². The molecule has 0 spiro atoms. The van der Waals surface area contributed by atoms with E-state index in [2.05, 4.69) is 62.3 Å². The van der Waals surface area contributed by atoms with Gasteiger partial charge >= 0.3 is 6.09 Å². The quantitative estimate of drug-likeness (QED) is 0.530. The molecule has 174 valence electrons. The monoisotopic (exact) mass is 438 g/mol. The molecule has 1 N–H and O–H groups in total. The molecule has 0 radical (unpaired) electrons. The molecule has 2 aromatic carbocycles. The van der Waals surface area contributed by atoms with Crippen LogP contribution in [0.4, 0.5) is 4.79 Å². The molecule has 1 amide bonds. The zero-order valence-corrected chi connectivity index (χ0v) is 20.0. The van der Waals surface area contributed by atoms with Crippen LogP contribution < -0.4 is 5.32 Å². The number of hydroxylamine groups is 2. The van der Waals surface area contributed by atoms with E-state index in [1.54, 1.807) is 0 Å². The third-order valence-corrected chi connectivity index (χ3v) is 6.66. The summed E-state index contributed by atoms with van der Waals surface area (Å²) in [6, 6.07) is 20.3. The third kappa shape index (κ3) is 6.11. The van der Waals surface area contributed by atoms with Crippen LogP contribution in [0.5, 0.6) is 0 Å². The number of ether oxygens (including phenoxy) is 1. The molecule has 5 nitrogen and oxygen atoms in total. The van der Waals surface area contributed by atoms with Gasteiger partial charge in [-0.2, -0.15) is 5.06 Å². The molecule has 2 aromatic rings. The summed E-state index contributed by atoms with van der Waals surface area (Å²) in [5, 5.41) is 5.36. The number of benzene rings is 2. The maximum absolute atomic E-state index is 12.5. The molecular weight excluding hydrogens is 400 g/mol. The van der Waals surface area contributed by atoms with Crippen molar-refractivity contribution in [1.82, 2.24) is 10.4 Å². The fraction of sp³-hybridized carbons (Fsp3) is 0.519. The van der Waals surface area contributed by atoms with E-state index < -0.39 is 0 Å². The van der Waals surface area contributed by atoms with Gasteiger partial charge in [-0.1, -0.05) is 74.5 Å². The SMILES string of the molecule is CCC1(CC)CC(NC(=O)OCc2ccccc2)CC(C)(C)N1OCCc1ccccc1. The molecule has 1 unspecified atom stereocenters. The molecule has 0 saturated carbocycles. The number of amides is 1. The molecule has 3 rings (SSSR count). The van der Waals surface area contributed by atoms with Crippen molar-refractivity contribution in [2.75, 3.05) is 6.61 Å². The van der Waals surface area contributed by atoms with Gasteiger partial charge in [-0.25, -0.2) is 4.79 Å². The van der Waals surface area contributed by atoms with Gasteiger partial charge in [0.05, 0.1) is 6.61 Å². The maximum Gasteiger partial charge on any atom is 0.407 e. The molecule has 32 heavy (non-hydrogen) atoms. The predicted molar refractivity (Wildman–Crippen MR) is 128 cm³/mol. The highest BCUT2D eigenvalue weighted by Crippen LogP contribution is 2.43. The van der Waals surface area contributed by atoms with Crippen molar-refractivity contribution in [3.05, 3.63) is 71.8 Å². The number of hydrogen-bond acceptors (Lipinski definition) is 4. The molecule has 1 fully saturated rings. The van der Waals surface area contributed by atoms with Gasteiger partial charge in [0.2, 0.25) is 0 Å². The van der Waals surface area contributed by atoms with E-state index in [4.69, 9.17) is 9.57 Å². The van der Waals surface area contributed by atoms with Crippen LogP contribution >= 0.6 is 0 Å². The van der Waals surface area contributed by atoms with E-state index in [9.17, 15) is 4.79 Å². The molecule has 1 saturated heterocycles. The lowest BCUT2D eigenvalue weighted by Gasteiger charge is -2.56. The Morgan fingerprint density at radius 2 is 1.56 bits per heavy atom. The minimum Gasteiger partial charge on any atom is -0.445 e. The molecule has 1 heterocycles. The minimum atomic E-state index is -0.353. The van der Waals surface area contributed by atoms with Gasteiger partial charge in [-0.15, -0.1) is 0 Å². The van der Waals surface area contributed by atoms with Gasteiger partial charge in [0.15, 0.2) is 0 Å². The van der Waals surface area contributed by atoms with Gasteiger partial charge in [0, 0.05) is 17.1 Å². The Hall–Kier alpha value is -2.37. The second kappa shape index (κ2) is 11.0. The number of nitrogens with zero attached hydrogens (tertiary/aromatic N) is 1. The molecule has 1 aliphatic heterocycles. The highest BCUT2D eigenvalue weighted by atomic mass is 16.7. The summed E-state index contributed by atoms with van der Waals surface area (Å²) in [7, 11) is 0. The van der Waals surface area contributed by atoms with Crippen molar-refractivity contribution in [3.63, 3.8) is 0 Å². The molecule has 0 aliphatic carbocycles. The second-order valence-electron chi connectivity index (χ2n) is 9.42. The average Bonchev–Trinajstić information content (AvgIpc) is 2.80. The van der Waals surface area contributed by atoms with Crippen molar-refractivity contribution < 1.29 is 14.4 Å². The fourth-order valence-corrected chi connectivity index (χ4v) is 5.01. The summed E-state index contributed by atoms with van der Waals surface area (Å²) in [5.41, 5.74) is 1.93. The van der Waals surface area contributed by atoms with Crippen LogP contribution in [0, 0.1) is 0 Å². The number of piperidine rings is 1. The largest absolute Gasteiger partial charge is 0.445 e. The lowest BCUT2D eigenvalue weighted by Crippen LogP contribution is -2.66. The first-order chi connectivity index (χ1) is 15.4. The second-order valence-corrected chi connectivity index (χ2v) is 9.42. The van der Waals surface area contributed by atoms with E-state index in [1.165, 1.54) is 5.56 Å². The van der Waals surface area contributed by atoms with Crippen LogP contribution in [0.3, 0.4) is 0 Å². The molecule has 1 aliphatic rings. The third-order valence-electron chi connectivity index (χ3n) is 6.66. The smallest absolute Gasteiger partial charge is 0.407 e. The number of nitrogens with one attached hydrogen (secondary N) is 1. The highest BCUT2D eigenvalue weighted by Gasteiger charge is 2.50. The highest BCUT2D eigenvalue weighted by molar-refractivity contribution is 5.67. The number of carbonyl (C=O) groups excluding carboxylic acids is 1. The molecule has 1 atom stereocenters. The minimum absolute atomic E-state index is 0.0437. The average molecular weight is 439 g/mol. The van der Waals surface area contributed by atoms with Crippen LogP contribution in [0.1, 0.15) is 64.5 Å². The van der Waals surface area contributed by atoms with Gasteiger partial charge in [-0.3, -0.25) is 4.84 Å². The molecule has 0 bridgehead atoms. The number of hydrogen-bond donors (Lipinski definition) is 1. The van der Waals surface area contributed by atoms with Crippen molar-refractivity contribution in [2.24, 2.45) is 0 Å². The Balaban J connectivity index is 1.61. The Morgan fingerprint density at radius 1 is 0.969 bits per heavy atom. The van der Waals surface area contributed by atoms with E-state index in [-0.39, 0.29) is 29.8 Å². The summed E-state index contributed by atoms with van der Waals surface area (Å²) < 4.78 is 5.48. The van der Waals surface area contributed by atoms with Gasteiger partial charge < -0.3 is 10.1 Å². The Kier molecular flexibility index (Phi) is 8.32. The Morgan fingerprint density at radius 3 is 2.16 bits per heavy atom. The number of carbonyl (C=O) groups is 1. The van der Waals surface area contributed by atoms with E-state index in [0.717, 1.165) is 37.7 Å². The van der Waals surface area contributed by atoms with Crippen LogP contribution in [0.25, 0.3) is 0 Å². The van der Waals surface area contributed by atoms with E-state index >= 15 is 0 Å². The summed E-state index contributed by atoms with van der Waals surface area (Å²) in [5.74, 6) is 0. The standard InChI is InChI=1S/C27H38N2O3/c1-5-27(6-2)20-24(28-25(30)31-21-23-15-11-8-12-16-23)19-26(3,4)29(27)32-18-17-22-13-9-7-10-14-22/h7-16,24H,5-6,17-21H2,1-4H3,(H,28,30). The first kappa shape index (κ1) is 24.3. The first-order valence-electron chi connectivity index (χ1n) is 11.8. The number of alkyl carbamates (subject to hydrolysis) is 1. The first-order valence-corrected chi connectivity index (χ1v) is 11.8. The predicted octanol–water partition coefficient (Wildman–Crippen LogP) is 5.89. The van der Waals surface area contributed by atoms with E-state index in [0.29, 0.717) is 6.61 Å². The van der Waals surface area contributed by atoms with E-state index in [1.807, 2.05) is 36.4 Å². The number of rotatable bonds is 9. The van der Waals surface area contributed by atoms with Crippen molar-refractivity contribution in [2.45, 2.75) is 83.5 Å². The van der Waals surface area contributed by atoms with Crippen LogP contribution in [-0.4, -0.2) is 34.9 Å². The van der Waals surface area contributed by atoms with Gasteiger partial charge in [-0.05, 0) is 57.1 Å². The molecular formula is C27H38N2O3. The molecule has 0 aromatic heterocycles. The van der Waals surface area contributed by atoms with Crippen LogP contribution in [-0.2, 0) is 22.6 Å². The Labute approximate surface area is 193 Å². The van der Waals surface area contributed by atoms with Crippen molar-refractivity contribution >= 4 is 6.09 Å². The van der Waals surface area contributed by atoms with Crippen molar-refractivity contribution in [1.29, 1.82) is 0 Å². The normalized spacial score (nSPS) is 19.9. The fourth-order valence-electron chi connectivity index (χ4n) is 5.01. The summed E-state index contributed by atoms with van der Waals surface area (Å²) in [4.78, 5) is 19.0. The summed E-state index contributed by atoms with van der Waals surface area (Å²) >= 11 is 0. The Bertz CT molecular complexity index is 834. The van der Waals surface area contributed by atoms with Crippen LogP contribution in [0.15, 0.2) is 60.7 Å². The summed E-state index contributed by atoms with van der Waals surface area (Å²) in [6.45, 7) is 9.76. The zero-order valence-electron chi connectivity index (χ0n) is 20.0. The van der Waals surface area contributed by atoms with Gasteiger partial charge in [0.25, 0.3) is 0 Å². The zero-order chi connectivity index (χ0) is 23.0. The lowest BCUT2D eigenvalue weighted by atomic mass is 9.74. The van der Waals surface area contributed by atoms with Crippen LogP contribution in [0.2, 0.25) is 0 Å². The lowest BCUT2D eigenvalue weighted by molar-refractivity contribution is -0.293.